The van der Waals surface area contributed by atoms with E-state index in [4.69, 9.17) is 0 Å². The molecule has 0 aliphatic rings. The van der Waals surface area contributed by atoms with Crippen LogP contribution in [0.5, 0.6) is 0 Å². The molecule has 0 aliphatic carbocycles. The third-order valence-electron chi connectivity index (χ3n) is 3.11. The van der Waals surface area contributed by atoms with Gasteiger partial charge in [0.25, 0.3) is 0 Å². The van der Waals surface area contributed by atoms with E-state index >= 15 is 0 Å². The summed E-state index contributed by atoms with van der Waals surface area (Å²) in [5.74, 6) is 0.849. The molecule has 2 heterocycles. The number of hydrogen-bond donors (Lipinski definition) is 2. The number of rotatable bonds is 4. The van der Waals surface area contributed by atoms with Gasteiger partial charge in [0.2, 0.25) is 5.91 Å². The number of aryl methyl sites for hydroxylation is 1. The van der Waals surface area contributed by atoms with E-state index in [1.807, 2.05) is 38.1 Å². The van der Waals surface area contributed by atoms with E-state index in [2.05, 4.69) is 20.5 Å². The fourth-order valence-electron chi connectivity index (χ4n) is 1.81. The number of nitrogens with zero attached hydrogens (tertiary/aromatic N) is 2. The molecule has 0 saturated carbocycles. The number of aromatic amines is 1. The van der Waals surface area contributed by atoms with Crippen LogP contribution in [0.1, 0.15) is 11.3 Å². The van der Waals surface area contributed by atoms with Gasteiger partial charge in [-0.2, -0.15) is 5.10 Å². The van der Waals surface area contributed by atoms with Crippen LogP contribution in [0, 0.1) is 13.8 Å². The molecule has 2 N–H and O–H groups in total. The Labute approximate surface area is 130 Å². The first-order valence-electron chi connectivity index (χ1n) is 6.43. The number of anilines is 1. The Morgan fingerprint density at radius 1 is 1.38 bits per heavy atom. The summed E-state index contributed by atoms with van der Waals surface area (Å²) in [7, 11) is 0. The number of carbonyl (C=O) groups is 1. The Morgan fingerprint density at radius 2 is 2.19 bits per heavy atom. The van der Waals surface area contributed by atoms with Crippen molar-refractivity contribution in [3.8, 4) is 0 Å². The number of nitrogens with one attached hydrogen (secondary N) is 2. The molecule has 0 fully saturated rings. The quantitative estimate of drug-likeness (QED) is 0.724. The van der Waals surface area contributed by atoms with Crippen molar-refractivity contribution in [3.05, 3.63) is 35.5 Å². The summed E-state index contributed by atoms with van der Waals surface area (Å²) in [4.78, 5) is 16.4. The van der Waals surface area contributed by atoms with Gasteiger partial charge in [-0.05, 0) is 26.0 Å². The smallest absolute Gasteiger partial charge is 0.236 e. The van der Waals surface area contributed by atoms with Gasteiger partial charge in [0.1, 0.15) is 0 Å². The highest BCUT2D eigenvalue weighted by Gasteiger charge is 2.11. The van der Waals surface area contributed by atoms with Crippen molar-refractivity contribution >= 4 is 45.0 Å². The molecule has 5 nitrogen and oxygen atoms in total. The molecular weight excluding hydrogens is 304 g/mol. The maximum absolute atomic E-state index is 12.0. The van der Waals surface area contributed by atoms with Gasteiger partial charge in [-0.1, -0.05) is 23.9 Å². The lowest BCUT2D eigenvalue weighted by Gasteiger charge is -2.01. The average molecular weight is 318 g/mol. The number of benzene rings is 1. The number of amides is 1. The zero-order valence-electron chi connectivity index (χ0n) is 11.6. The van der Waals surface area contributed by atoms with Gasteiger partial charge in [-0.15, -0.1) is 11.3 Å². The SMILES string of the molecule is Cc1[nH]nc(NC(=O)CSc2nc3ccccc3s2)c1C. The fourth-order valence-corrected chi connectivity index (χ4v) is 3.68. The molecule has 0 atom stereocenters. The van der Waals surface area contributed by atoms with Gasteiger partial charge in [0.05, 0.1) is 16.0 Å². The Bertz CT molecular complexity index is 760. The van der Waals surface area contributed by atoms with Crippen LogP contribution in [0.15, 0.2) is 28.6 Å². The van der Waals surface area contributed by atoms with E-state index in [0.717, 1.165) is 25.8 Å². The molecule has 1 aromatic carbocycles. The monoisotopic (exact) mass is 318 g/mol. The van der Waals surface area contributed by atoms with Gasteiger partial charge < -0.3 is 5.32 Å². The van der Waals surface area contributed by atoms with E-state index < -0.39 is 0 Å². The fraction of sp³-hybridized carbons (Fsp3) is 0.214. The molecule has 0 aliphatic heterocycles. The number of H-pyrrole nitrogens is 1. The first-order valence-corrected chi connectivity index (χ1v) is 8.23. The number of thiazole rings is 1. The molecule has 3 rings (SSSR count). The standard InChI is InChI=1S/C14H14N4OS2/c1-8-9(2)17-18-13(8)16-12(19)7-20-14-15-10-5-3-4-6-11(10)21-14/h3-6H,7H2,1-2H3,(H2,16,17,18,19). The lowest BCUT2D eigenvalue weighted by Crippen LogP contribution is -2.14. The number of hydrogen-bond acceptors (Lipinski definition) is 5. The second kappa shape index (κ2) is 5.87. The van der Waals surface area contributed by atoms with Crippen molar-refractivity contribution in [2.45, 2.75) is 18.2 Å². The minimum absolute atomic E-state index is 0.0751. The lowest BCUT2D eigenvalue weighted by molar-refractivity contribution is -0.113. The van der Waals surface area contributed by atoms with Crippen molar-refractivity contribution < 1.29 is 4.79 Å². The van der Waals surface area contributed by atoms with Crippen LogP contribution in [0.25, 0.3) is 10.2 Å². The second-order valence-electron chi connectivity index (χ2n) is 4.61. The number of carbonyl (C=O) groups excluding carboxylic acids is 1. The van der Waals surface area contributed by atoms with E-state index in [-0.39, 0.29) is 5.91 Å². The molecule has 0 unspecified atom stereocenters. The van der Waals surface area contributed by atoms with Gasteiger partial charge in [-0.3, -0.25) is 9.89 Å². The summed E-state index contributed by atoms with van der Waals surface area (Å²) in [6.45, 7) is 3.85. The van der Waals surface area contributed by atoms with E-state index in [1.165, 1.54) is 11.8 Å². The van der Waals surface area contributed by atoms with Gasteiger partial charge in [0.15, 0.2) is 10.2 Å². The Morgan fingerprint density at radius 3 is 2.90 bits per heavy atom. The summed E-state index contributed by atoms with van der Waals surface area (Å²) in [6.07, 6.45) is 0. The lowest BCUT2D eigenvalue weighted by atomic mass is 10.3. The van der Waals surface area contributed by atoms with Crippen LogP contribution >= 0.6 is 23.1 Å². The third-order valence-corrected chi connectivity index (χ3v) is 5.29. The van der Waals surface area contributed by atoms with Crippen LogP contribution in [-0.2, 0) is 4.79 Å². The molecule has 3 aromatic rings. The average Bonchev–Trinajstić information content (AvgIpc) is 3.03. The highest BCUT2D eigenvalue weighted by Crippen LogP contribution is 2.29. The van der Waals surface area contributed by atoms with E-state index in [1.54, 1.807) is 11.3 Å². The van der Waals surface area contributed by atoms with Crippen LogP contribution in [0.4, 0.5) is 5.82 Å². The predicted molar refractivity (Wildman–Crippen MR) is 87.0 cm³/mol. The molecule has 108 valence electrons. The Balaban J connectivity index is 1.62. The van der Waals surface area contributed by atoms with E-state index in [0.29, 0.717) is 11.6 Å². The van der Waals surface area contributed by atoms with Crippen LogP contribution in [0.3, 0.4) is 0 Å². The van der Waals surface area contributed by atoms with Crippen molar-refractivity contribution in [2.75, 3.05) is 11.1 Å². The van der Waals surface area contributed by atoms with Crippen LogP contribution in [0.2, 0.25) is 0 Å². The van der Waals surface area contributed by atoms with Crippen molar-refractivity contribution in [2.24, 2.45) is 0 Å². The topological polar surface area (TPSA) is 70.7 Å². The molecule has 0 radical (unpaired) electrons. The van der Waals surface area contributed by atoms with E-state index in [9.17, 15) is 4.79 Å². The molecule has 0 spiro atoms. The highest BCUT2D eigenvalue weighted by atomic mass is 32.2. The molecule has 0 saturated heterocycles. The van der Waals surface area contributed by atoms with Crippen LogP contribution in [-0.4, -0.2) is 26.8 Å². The minimum atomic E-state index is -0.0751. The summed E-state index contributed by atoms with van der Waals surface area (Å²) in [6, 6.07) is 7.97. The molecule has 2 aromatic heterocycles. The highest BCUT2D eigenvalue weighted by molar-refractivity contribution is 8.01. The summed E-state index contributed by atoms with van der Waals surface area (Å²) >= 11 is 3.05. The first kappa shape index (κ1) is 14.1. The van der Waals surface area contributed by atoms with Crippen molar-refractivity contribution in [3.63, 3.8) is 0 Å². The van der Waals surface area contributed by atoms with Gasteiger partial charge >= 0.3 is 0 Å². The van der Waals surface area contributed by atoms with Gasteiger partial charge in [0, 0.05) is 11.3 Å². The number of fused-ring (bicyclic) bond motifs is 1. The number of para-hydroxylation sites is 1. The van der Waals surface area contributed by atoms with Crippen molar-refractivity contribution in [1.29, 1.82) is 0 Å². The van der Waals surface area contributed by atoms with Gasteiger partial charge in [-0.25, -0.2) is 4.98 Å². The minimum Gasteiger partial charge on any atom is -0.308 e. The number of aromatic nitrogens is 3. The van der Waals surface area contributed by atoms with Crippen LogP contribution < -0.4 is 5.32 Å². The zero-order valence-corrected chi connectivity index (χ0v) is 13.3. The first-order chi connectivity index (χ1) is 10.1. The summed E-state index contributed by atoms with van der Waals surface area (Å²) in [5.41, 5.74) is 2.90. The largest absolute Gasteiger partial charge is 0.308 e. The molecule has 21 heavy (non-hydrogen) atoms. The Kier molecular flexibility index (Phi) is 3.94. The predicted octanol–water partition coefficient (Wildman–Crippen LogP) is 3.37. The summed E-state index contributed by atoms with van der Waals surface area (Å²) in [5, 5.41) is 9.73. The maximum atomic E-state index is 12.0. The maximum Gasteiger partial charge on any atom is 0.236 e. The normalized spacial score (nSPS) is 11.0. The molecular formula is C14H14N4OS2. The van der Waals surface area contributed by atoms with Crippen molar-refractivity contribution in [1.82, 2.24) is 15.2 Å². The third kappa shape index (κ3) is 3.08. The molecule has 0 bridgehead atoms. The molecule has 7 heteroatoms. The second-order valence-corrected chi connectivity index (χ2v) is 6.86. The summed E-state index contributed by atoms with van der Waals surface area (Å²) < 4.78 is 2.04. The Hall–Kier alpha value is -1.86. The molecule has 1 amide bonds. The zero-order chi connectivity index (χ0) is 14.8. The number of thioether (sulfide) groups is 1.